The lowest BCUT2D eigenvalue weighted by atomic mass is 10.2. The molecule has 1 amide bonds. The number of carboxylic acids is 1. The zero-order chi connectivity index (χ0) is 11.4. The summed E-state index contributed by atoms with van der Waals surface area (Å²) in [5.74, 6) is -1.49. The zero-order valence-electron chi connectivity index (χ0n) is 8.10. The van der Waals surface area contributed by atoms with E-state index in [2.05, 4.69) is 10.3 Å². The van der Waals surface area contributed by atoms with Crippen LogP contribution in [-0.4, -0.2) is 28.0 Å². The Labute approximate surface area is 86.1 Å². The summed E-state index contributed by atoms with van der Waals surface area (Å²) in [6.45, 7) is 1.53. The number of carbonyl (C=O) groups excluding carboxylic acids is 1. The molecule has 1 rings (SSSR count). The van der Waals surface area contributed by atoms with Crippen molar-refractivity contribution in [3.8, 4) is 0 Å². The zero-order valence-corrected chi connectivity index (χ0v) is 8.10. The fraction of sp³-hybridized carbons (Fsp3) is 0.222. The van der Waals surface area contributed by atoms with Crippen molar-refractivity contribution < 1.29 is 14.7 Å². The van der Waals surface area contributed by atoms with E-state index in [4.69, 9.17) is 10.8 Å². The number of hydrogen-bond acceptors (Lipinski definition) is 4. The minimum Gasteiger partial charge on any atom is -0.478 e. The fourth-order valence-electron chi connectivity index (χ4n) is 0.881. The molecule has 0 saturated heterocycles. The Balaban J connectivity index is 2.83. The summed E-state index contributed by atoms with van der Waals surface area (Å²) in [5, 5.41) is 11.1. The highest BCUT2D eigenvalue weighted by atomic mass is 16.4. The highest BCUT2D eigenvalue weighted by Gasteiger charge is 2.09. The van der Waals surface area contributed by atoms with Crippen molar-refractivity contribution in [2.24, 2.45) is 5.73 Å². The third-order valence-corrected chi connectivity index (χ3v) is 1.67. The normalized spacial score (nSPS) is 11.9. The number of hydrogen-bond donors (Lipinski definition) is 3. The largest absolute Gasteiger partial charge is 0.478 e. The Bertz CT molecular complexity index is 390. The molecule has 1 unspecified atom stereocenters. The Kier molecular flexibility index (Phi) is 3.35. The number of amides is 1. The predicted octanol–water partition coefficient (Wildman–Crippen LogP) is 0.0655. The van der Waals surface area contributed by atoms with Crippen LogP contribution in [0.1, 0.15) is 17.3 Å². The van der Waals surface area contributed by atoms with Gasteiger partial charge >= 0.3 is 5.97 Å². The molecule has 1 aromatic rings. The van der Waals surface area contributed by atoms with Crippen molar-refractivity contribution in [3.05, 3.63) is 24.0 Å². The molecule has 0 aliphatic heterocycles. The Morgan fingerprint density at radius 2 is 2.20 bits per heavy atom. The Hall–Kier alpha value is -1.95. The molecular weight excluding hydrogens is 198 g/mol. The van der Waals surface area contributed by atoms with E-state index in [9.17, 15) is 9.59 Å². The first-order valence-electron chi connectivity index (χ1n) is 4.25. The molecule has 4 N–H and O–H groups in total. The van der Waals surface area contributed by atoms with Gasteiger partial charge in [-0.15, -0.1) is 0 Å². The van der Waals surface area contributed by atoms with E-state index in [0.717, 1.165) is 0 Å². The molecule has 0 aromatic carbocycles. The third kappa shape index (κ3) is 3.03. The van der Waals surface area contributed by atoms with E-state index in [1.165, 1.54) is 25.4 Å². The average molecular weight is 209 g/mol. The van der Waals surface area contributed by atoms with Crippen LogP contribution in [0.25, 0.3) is 0 Å². The fourth-order valence-corrected chi connectivity index (χ4v) is 0.881. The summed E-state index contributed by atoms with van der Waals surface area (Å²) >= 11 is 0. The number of nitrogens with zero attached hydrogens (tertiary/aromatic N) is 1. The number of nitrogens with one attached hydrogen (secondary N) is 1. The smallest absolute Gasteiger partial charge is 0.337 e. The van der Waals surface area contributed by atoms with Gasteiger partial charge in [-0.05, 0) is 13.0 Å². The number of nitrogens with two attached hydrogens (primary N) is 1. The molecule has 1 heterocycles. The molecule has 1 atom stereocenters. The maximum Gasteiger partial charge on any atom is 0.337 e. The maximum atomic E-state index is 11.2. The number of anilines is 1. The van der Waals surface area contributed by atoms with E-state index in [1.54, 1.807) is 0 Å². The summed E-state index contributed by atoms with van der Waals surface area (Å²) in [7, 11) is 0. The van der Waals surface area contributed by atoms with E-state index < -0.39 is 12.0 Å². The molecule has 0 bridgehead atoms. The number of aromatic nitrogens is 1. The highest BCUT2D eigenvalue weighted by molar-refractivity contribution is 5.95. The van der Waals surface area contributed by atoms with E-state index in [0.29, 0.717) is 5.69 Å². The third-order valence-electron chi connectivity index (χ3n) is 1.67. The predicted molar refractivity (Wildman–Crippen MR) is 53.5 cm³/mol. The number of aromatic carboxylic acids is 1. The van der Waals surface area contributed by atoms with Crippen molar-refractivity contribution in [3.63, 3.8) is 0 Å². The topological polar surface area (TPSA) is 105 Å². The van der Waals surface area contributed by atoms with Gasteiger partial charge in [-0.3, -0.25) is 9.78 Å². The lowest BCUT2D eigenvalue weighted by molar-refractivity contribution is -0.117. The average Bonchev–Trinajstić information content (AvgIpc) is 2.18. The molecular formula is C9H11N3O3. The van der Waals surface area contributed by atoms with Crippen molar-refractivity contribution in [1.29, 1.82) is 0 Å². The highest BCUT2D eigenvalue weighted by Crippen LogP contribution is 2.08. The van der Waals surface area contributed by atoms with Gasteiger partial charge in [0.25, 0.3) is 0 Å². The number of carboxylic acid groups (broad SMARTS) is 1. The van der Waals surface area contributed by atoms with Crippen LogP contribution in [0.3, 0.4) is 0 Å². The van der Waals surface area contributed by atoms with Crippen LogP contribution < -0.4 is 11.1 Å². The van der Waals surface area contributed by atoms with Crippen LogP contribution in [0.4, 0.5) is 5.69 Å². The number of rotatable bonds is 3. The van der Waals surface area contributed by atoms with Crippen molar-refractivity contribution >= 4 is 17.6 Å². The maximum absolute atomic E-state index is 11.2. The lowest BCUT2D eigenvalue weighted by Crippen LogP contribution is -2.32. The monoisotopic (exact) mass is 209 g/mol. The van der Waals surface area contributed by atoms with Crippen LogP contribution in [0.5, 0.6) is 0 Å². The van der Waals surface area contributed by atoms with Gasteiger partial charge in [0.2, 0.25) is 5.91 Å². The molecule has 80 valence electrons. The van der Waals surface area contributed by atoms with Gasteiger partial charge in [-0.2, -0.15) is 0 Å². The Morgan fingerprint density at radius 1 is 1.53 bits per heavy atom. The first-order valence-corrected chi connectivity index (χ1v) is 4.25. The van der Waals surface area contributed by atoms with Gasteiger partial charge in [-0.1, -0.05) is 0 Å². The molecule has 0 radical (unpaired) electrons. The summed E-state index contributed by atoms with van der Waals surface area (Å²) in [6, 6.07) is 0.661. The van der Waals surface area contributed by atoms with Gasteiger partial charge in [0, 0.05) is 6.20 Å². The van der Waals surface area contributed by atoms with Gasteiger partial charge in [-0.25, -0.2) is 4.79 Å². The molecule has 1 aromatic heterocycles. The second-order valence-corrected chi connectivity index (χ2v) is 3.05. The summed E-state index contributed by atoms with van der Waals surface area (Å²) < 4.78 is 0. The molecule has 0 aliphatic rings. The van der Waals surface area contributed by atoms with Crippen molar-refractivity contribution in [2.45, 2.75) is 13.0 Å². The summed E-state index contributed by atoms with van der Waals surface area (Å²) in [5.41, 5.74) is 5.66. The van der Waals surface area contributed by atoms with E-state index >= 15 is 0 Å². The summed E-state index contributed by atoms with van der Waals surface area (Å²) in [4.78, 5) is 25.5. The van der Waals surface area contributed by atoms with Gasteiger partial charge < -0.3 is 16.2 Å². The molecule has 6 nitrogen and oxygen atoms in total. The molecule has 0 spiro atoms. The first kappa shape index (κ1) is 11.1. The van der Waals surface area contributed by atoms with Crippen molar-refractivity contribution in [1.82, 2.24) is 4.98 Å². The number of pyridine rings is 1. The van der Waals surface area contributed by atoms with Crippen LogP contribution in [-0.2, 0) is 4.79 Å². The SMILES string of the molecule is CC(N)C(=O)Nc1cncc(C(=O)O)c1. The Morgan fingerprint density at radius 3 is 2.73 bits per heavy atom. The quantitative estimate of drug-likeness (QED) is 0.653. The second-order valence-electron chi connectivity index (χ2n) is 3.05. The van der Waals surface area contributed by atoms with Crippen LogP contribution >= 0.6 is 0 Å². The second kappa shape index (κ2) is 4.52. The lowest BCUT2D eigenvalue weighted by Gasteiger charge is -2.07. The van der Waals surface area contributed by atoms with Crippen LogP contribution in [0.2, 0.25) is 0 Å². The molecule has 6 heteroatoms. The van der Waals surface area contributed by atoms with Crippen molar-refractivity contribution in [2.75, 3.05) is 5.32 Å². The minimum atomic E-state index is -1.10. The molecule has 0 saturated carbocycles. The first-order chi connectivity index (χ1) is 7.00. The van der Waals surface area contributed by atoms with Gasteiger partial charge in [0.05, 0.1) is 23.5 Å². The van der Waals surface area contributed by atoms with Crippen LogP contribution in [0, 0.1) is 0 Å². The van der Waals surface area contributed by atoms with E-state index in [1.807, 2.05) is 0 Å². The van der Waals surface area contributed by atoms with Gasteiger partial charge in [0.1, 0.15) is 0 Å². The van der Waals surface area contributed by atoms with Gasteiger partial charge in [0.15, 0.2) is 0 Å². The minimum absolute atomic E-state index is 0.0116. The molecule has 15 heavy (non-hydrogen) atoms. The standard InChI is InChI=1S/C9H11N3O3/c1-5(10)8(13)12-7-2-6(9(14)15)3-11-4-7/h2-5H,10H2,1H3,(H,12,13)(H,14,15). The number of carbonyl (C=O) groups is 2. The molecule has 0 fully saturated rings. The molecule has 0 aliphatic carbocycles. The van der Waals surface area contributed by atoms with E-state index in [-0.39, 0.29) is 11.5 Å². The van der Waals surface area contributed by atoms with Crippen LogP contribution in [0.15, 0.2) is 18.5 Å². The summed E-state index contributed by atoms with van der Waals surface area (Å²) in [6.07, 6.45) is 2.55.